The van der Waals surface area contributed by atoms with Crippen molar-refractivity contribution in [1.29, 1.82) is 0 Å². The summed E-state index contributed by atoms with van der Waals surface area (Å²) in [4.78, 5) is 14.6. The highest BCUT2D eigenvalue weighted by molar-refractivity contribution is 5.81. The molecule has 1 fully saturated rings. The van der Waals surface area contributed by atoms with Gasteiger partial charge in [0.2, 0.25) is 0 Å². The van der Waals surface area contributed by atoms with Gasteiger partial charge in [-0.05, 0) is 13.0 Å². The Morgan fingerprint density at radius 1 is 1.44 bits per heavy atom. The summed E-state index contributed by atoms with van der Waals surface area (Å²) >= 11 is 0. The third-order valence-electron chi connectivity index (χ3n) is 3.03. The Morgan fingerprint density at radius 2 is 2.38 bits per heavy atom. The number of rotatable bonds is 2. The number of hydrogen-bond acceptors (Lipinski definition) is 6. The standard InChI is InChI=1S/C10H13N5O/c1-15(7-2-3-11-4-7)9-8-10(13-5-12-9)16-6-14-8/h5-7,11H,2-4H2,1H3. The third-order valence-corrected chi connectivity index (χ3v) is 3.03. The van der Waals surface area contributed by atoms with Crippen molar-refractivity contribution in [2.75, 3.05) is 25.0 Å². The van der Waals surface area contributed by atoms with Gasteiger partial charge in [-0.1, -0.05) is 0 Å². The van der Waals surface area contributed by atoms with Crippen LogP contribution in [0.3, 0.4) is 0 Å². The topological polar surface area (TPSA) is 67.1 Å². The van der Waals surface area contributed by atoms with E-state index in [0.29, 0.717) is 11.8 Å². The van der Waals surface area contributed by atoms with E-state index in [-0.39, 0.29) is 0 Å². The first-order chi connectivity index (χ1) is 7.86. The minimum Gasteiger partial charge on any atom is -0.425 e. The van der Waals surface area contributed by atoms with E-state index < -0.39 is 0 Å². The molecule has 1 saturated heterocycles. The summed E-state index contributed by atoms with van der Waals surface area (Å²) in [5.74, 6) is 0.840. The molecule has 84 valence electrons. The van der Waals surface area contributed by atoms with Crippen molar-refractivity contribution < 1.29 is 4.42 Å². The van der Waals surface area contributed by atoms with Gasteiger partial charge in [0.1, 0.15) is 6.33 Å². The second-order valence-electron chi connectivity index (χ2n) is 3.96. The lowest BCUT2D eigenvalue weighted by atomic mass is 10.2. The van der Waals surface area contributed by atoms with Crippen LogP contribution in [0.25, 0.3) is 11.2 Å². The third kappa shape index (κ3) is 1.42. The Kier molecular flexibility index (Phi) is 2.21. The van der Waals surface area contributed by atoms with Crippen molar-refractivity contribution in [1.82, 2.24) is 20.3 Å². The van der Waals surface area contributed by atoms with Crippen molar-refractivity contribution in [3.63, 3.8) is 0 Å². The molecule has 6 nitrogen and oxygen atoms in total. The maximum absolute atomic E-state index is 5.17. The van der Waals surface area contributed by atoms with Crippen LogP contribution in [0.2, 0.25) is 0 Å². The van der Waals surface area contributed by atoms with Crippen LogP contribution in [0.15, 0.2) is 17.1 Å². The van der Waals surface area contributed by atoms with E-state index >= 15 is 0 Å². The fourth-order valence-corrected chi connectivity index (χ4v) is 2.08. The quantitative estimate of drug-likeness (QED) is 0.789. The van der Waals surface area contributed by atoms with E-state index in [1.165, 1.54) is 12.7 Å². The van der Waals surface area contributed by atoms with Crippen LogP contribution < -0.4 is 10.2 Å². The molecule has 0 amide bonds. The first kappa shape index (κ1) is 9.53. The average Bonchev–Trinajstić information content (AvgIpc) is 2.98. The Balaban J connectivity index is 2.00. The molecule has 1 atom stereocenters. The Hall–Kier alpha value is -1.69. The first-order valence-electron chi connectivity index (χ1n) is 5.34. The van der Waals surface area contributed by atoms with E-state index in [9.17, 15) is 0 Å². The molecule has 1 aliphatic heterocycles. The van der Waals surface area contributed by atoms with Gasteiger partial charge in [0.25, 0.3) is 5.71 Å². The maximum Gasteiger partial charge on any atom is 0.252 e. The van der Waals surface area contributed by atoms with Crippen molar-refractivity contribution in [2.24, 2.45) is 0 Å². The van der Waals surface area contributed by atoms with Crippen LogP contribution in [-0.4, -0.2) is 41.1 Å². The number of aromatic nitrogens is 3. The lowest BCUT2D eigenvalue weighted by molar-refractivity contribution is 0.589. The Bertz CT molecular complexity index is 491. The Morgan fingerprint density at radius 3 is 3.19 bits per heavy atom. The number of fused-ring (bicyclic) bond motifs is 1. The van der Waals surface area contributed by atoms with Gasteiger partial charge in [0, 0.05) is 19.6 Å². The highest BCUT2D eigenvalue weighted by Gasteiger charge is 2.22. The average molecular weight is 219 g/mol. The van der Waals surface area contributed by atoms with Crippen LogP contribution in [0.4, 0.5) is 5.82 Å². The SMILES string of the molecule is CN(c1ncnc2ocnc12)C1CCNC1. The summed E-state index contributed by atoms with van der Waals surface area (Å²) in [6.07, 6.45) is 4.05. The molecule has 3 rings (SSSR count). The van der Waals surface area contributed by atoms with Crippen LogP contribution in [-0.2, 0) is 0 Å². The lowest BCUT2D eigenvalue weighted by Gasteiger charge is -2.24. The second-order valence-corrected chi connectivity index (χ2v) is 3.96. The van der Waals surface area contributed by atoms with Crippen molar-refractivity contribution >= 4 is 17.0 Å². The normalized spacial score (nSPS) is 20.4. The summed E-state index contributed by atoms with van der Waals surface area (Å²) in [5, 5.41) is 3.34. The number of likely N-dealkylation sites (N-methyl/N-ethyl adjacent to an activating group) is 1. The zero-order chi connectivity index (χ0) is 11.0. The van der Waals surface area contributed by atoms with Crippen molar-refractivity contribution in [2.45, 2.75) is 12.5 Å². The van der Waals surface area contributed by atoms with E-state index in [2.05, 4.69) is 25.2 Å². The zero-order valence-corrected chi connectivity index (χ0v) is 9.05. The molecular formula is C10H13N5O. The van der Waals surface area contributed by atoms with Gasteiger partial charge in [-0.2, -0.15) is 4.98 Å². The lowest BCUT2D eigenvalue weighted by Crippen LogP contribution is -2.34. The summed E-state index contributed by atoms with van der Waals surface area (Å²) in [6.45, 7) is 2.04. The minimum atomic E-state index is 0.467. The maximum atomic E-state index is 5.17. The molecule has 0 aromatic carbocycles. The molecule has 1 aliphatic rings. The van der Waals surface area contributed by atoms with E-state index in [1.54, 1.807) is 0 Å². The number of oxazole rings is 1. The van der Waals surface area contributed by atoms with Crippen LogP contribution in [0.1, 0.15) is 6.42 Å². The first-order valence-corrected chi connectivity index (χ1v) is 5.34. The molecule has 0 saturated carbocycles. The smallest absolute Gasteiger partial charge is 0.252 e. The van der Waals surface area contributed by atoms with Crippen LogP contribution in [0.5, 0.6) is 0 Å². The fraction of sp³-hybridized carbons (Fsp3) is 0.500. The van der Waals surface area contributed by atoms with Gasteiger partial charge in [-0.25, -0.2) is 9.97 Å². The van der Waals surface area contributed by atoms with Gasteiger partial charge < -0.3 is 14.6 Å². The minimum absolute atomic E-state index is 0.467. The highest BCUT2D eigenvalue weighted by Crippen LogP contribution is 2.23. The molecule has 0 bridgehead atoms. The fourth-order valence-electron chi connectivity index (χ4n) is 2.08. The predicted octanol–water partition coefficient (Wildman–Crippen LogP) is 0.416. The largest absolute Gasteiger partial charge is 0.425 e. The summed E-state index contributed by atoms with van der Waals surface area (Å²) in [6, 6.07) is 0.467. The second kappa shape index (κ2) is 3.71. The van der Waals surface area contributed by atoms with E-state index in [0.717, 1.165) is 30.8 Å². The zero-order valence-electron chi connectivity index (χ0n) is 9.05. The van der Waals surface area contributed by atoms with Gasteiger partial charge in [-0.3, -0.25) is 0 Å². The predicted molar refractivity (Wildman–Crippen MR) is 59.3 cm³/mol. The molecule has 2 aromatic rings. The summed E-state index contributed by atoms with van der Waals surface area (Å²) in [5.41, 5.74) is 1.28. The summed E-state index contributed by atoms with van der Waals surface area (Å²) in [7, 11) is 2.04. The number of hydrogen-bond donors (Lipinski definition) is 1. The molecule has 2 aromatic heterocycles. The number of nitrogens with zero attached hydrogens (tertiary/aromatic N) is 4. The summed E-state index contributed by atoms with van der Waals surface area (Å²) < 4.78 is 5.17. The van der Waals surface area contributed by atoms with Crippen LogP contribution >= 0.6 is 0 Å². The monoisotopic (exact) mass is 219 g/mol. The van der Waals surface area contributed by atoms with Gasteiger partial charge >= 0.3 is 0 Å². The number of anilines is 1. The molecule has 16 heavy (non-hydrogen) atoms. The molecule has 6 heteroatoms. The molecule has 3 heterocycles. The van der Waals surface area contributed by atoms with Crippen molar-refractivity contribution in [3.05, 3.63) is 12.7 Å². The van der Waals surface area contributed by atoms with Gasteiger partial charge in [0.05, 0.1) is 0 Å². The molecular weight excluding hydrogens is 206 g/mol. The molecule has 1 N–H and O–H groups in total. The molecule has 0 spiro atoms. The van der Waals surface area contributed by atoms with E-state index in [4.69, 9.17) is 4.42 Å². The van der Waals surface area contributed by atoms with Gasteiger partial charge in [-0.15, -0.1) is 0 Å². The molecule has 0 aliphatic carbocycles. The molecule has 0 radical (unpaired) electrons. The Labute approximate surface area is 92.7 Å². The van der Waals surface area contributed by atoms with Crippen molar-refractivity contribution in [3.8, 4) is 0 Å². The highest BCUT2D eigenvalue weighted by atomic mass is 16.3. The number of nitrogens with one attached hydrogen (secondary N) is 1. The van der Waals surface area contributed by atoms with E-state index in [1.807, 2.05) is 7.05 Å². The van der Waals surface area contributed by atoms with Crippen LogP contribution in [0, 0.1) is 0 Å². The molecule has 1 unspecified atom stereocenters. The van der Waals surface area contributed by atoms with Gasteiger partial charge in [0.15, 0.2) is 17.7 Å².